The van der Waals surface area contributed by atoms with Crippen molar-refractivity contribution in [3.8, 4) is 11.7 Å². The summed E-state index contributed by atoms with van der Waals surface area (Å²) in [6.07, 6.45) is 3.15. The maximum absolute atomic E-state index is 11.6. The molecule has 6 heteroatoms. The molecule has 0 atom stereocenters. The number of hydrogen-bond donors (Lipinski definition) is 0. The summed E-state index contributed by atoms with van der Waals surface area (Å²) in [6, 6.07) is 8.85. The maximum atomic E-state index is 11.6. The van der Waals surface area contributed by atoms with Crippen molar-refractivity contribution in [1.29, 1.82) is 0 Å². The van der Waals surface area contributed by atoms with Crippen LogP contribution >= 0.6 is 0 Å². The zero-order valence-corrected chi connectivity index (χ0v) is 9.31. The van der Waals surface area contributed by atoms with Crippen LogP contribution in [0.5, 0.6) is 0 Å². The largest absolute Gasteiger partial charge is 0.459 e. The first kappa shape index (κ1) is 10.5. The molecule has 18 heavy (non-hydrogen) atoms. The fourth-order valence-corrected chi connectivity index (χ4v) is 1.55. The molecule has 0 aromatic carbocycles. The Labute approximate surface area is 101 Å². The van der Waals surface area contributed by atoms with Crippen LogP contribution in [0.4, 0.5) is 0 Å². The van der Waals surface area contributed by atoms with Crippen molar-refractivity contribution in [2.45, 2.75) is 6.54 Å². The van der Waals surface area contributed by atoms with Crippen molar-refractivity contribution in [2.24, 2.45) is 0 Å². The SMILES string of the molecule is O=c1oc(-c2ccco2)nn1Cc1ccccn1. The van der Waals surface area contributed by atoms with E-state index in [1.54, 1.807) is 18.3 Å². The van der Waals surface area contributed by atoms with Crippen molar-refractivity contribution in [3.63, 3.8) is 0 Å². The van der Waals surface area contributed by atoms with Gasteiger partial charge in [-0.05, 0) is 24.3 Å². The van der Waals surface area contributed by atoms with Gasteiger partial charge in [0, 0.05) is 6.20 Å². The molecule has 0 spiro atoms. The molecule has 6 nitrogen and oxygen atoms in total. The number of hydrogen-bond acceptors (Lipinski definition) is 5. The third-order valence-electron chi connectivity index (χ3n) is 2.38. The van der Waals surface area contributed by atoms with Crippen LogP contribution in [0, 0.1) is 0 Å². The normalized spacial score (nSPS) is 10.7. The Morgan fingerprint density at radius 1 is 1.22 bits per heavy atom. The molecule has 0 unspecified atom stereocenters. The first-order valence-electron chi connectivity index (χ1n) is 5.35. The highest BCUT2D eigenvalue weighted by molar-refractivity contribution is 5.42. The predicted octanol–water partition coefficient (Wildman–Crippen LogP) is 1.54. The summed E-state index contributed by atoms with van der Waals surface area (Å²) >= 11 is 0. The number of rotatable bonds is 3. The van der Waals surface area contributed by atoms with Crippen molar-refractivity contribution < 1.29 is 8.83 Å². The molecule has 0 aliphatic heterocycles. The average Bonchev–Trinajstić information content (AvgIpc) is 3.01. The van der Waals surface area contributed by atoms with Gasteiger partial charge in [-0.3, -0.25) is 4.98 Å². The zero-order chi connectivity index (χ0) is 12.4. The van der Waals surface area contributed by atoms with Gasteiger partial charge in [0.25, 0.3) is 5.89 Å². The van der Waals surface area contributed by atoms with Crippen LogP contribution in [0.3, 0.4) is 0 Å². The first-order valence-corrected chi connectivity index (χ1v) is 5.35. The molecular weight excluding hydrogens is 234 g/mol. The summed E-state index contributed by atoms with van der Waals surface area (Å²) in [5.41, 5.74) is 0.735. The van der Waals surface area contributed by atoms with Crippen molar-refractivity contribution in [2.75, 3.05) is 0 Å². The Hall–Kier alpha value is -2.63. The van der Waals surface area contributed by atoms with E-state index in [1.165, 1.54) is 10.9 Å². The van der Waals surface area contributed by atoms with E-state index in [0.717, 1.165) is 5.69 Å². The van der Waals surface area contributed by atoms with Crippen LogP contribution in [-0.4, -0.2) is 14.8 Å². The Kier molecular flexibility index (Phi) is 2.53. The minimum Gasteiger partial charge on any atom is -0.459 e. The molecule has 3 aromatic rings. The van der Waals surface area contributed by atoms with Crippen molar-refractivity contribution in [1.82, 2.24) is 14.8 Å². The molecule has 3 heterocycles. The standard InChI is InChI=1S/C12H9N3O3/c16-12-15(8-9-4-1-2-6-13-9)14-11(18-12)10-5-3-7-17-10/h1-7H,8H2. The second-order valence-corrected chi connectivity index (χ2v) is 3.63. The van der Waals surface area contributed by atoms with Gasteiger partial charge in [0.1, 0.15) is 0 Å². The zero-order valence-electron chi connectivity index (χ0n) is 9.31. The Bertz CT molecular complexity index is 683. The lowest BCUT2D eigenvalue weighted by Crippen LogP contribution is -2.17. The minimum absolute atomic E-state index is 0.168. The molecule has 0 bridgehead atoms. The van der Waals surface area contributed by atoms with Gasteiger partial charge in [0.2, 0.25) is 0 Å². The van der Waals surface area contributed by atoms with Gasteiger partial charge in [0.05, 0.1) is 18.5 Å². The van der Waals surface area contributed by atoms with E-state index in [-0.39, 0.29) is 12.4 Å². The average molecular weight is 243 g/mol. The molecule has 0 saturated carbocycles. The molecule has 3 rings (SSSR count). The number of nitrogens with zero attached hydrogens (tertiary/aromatic N) is 3. The summed E-state index contributed by atoms with van der Waals surface area (Å²) in [5, 5.41) is 4.05. The molecule has 90 valence electrons. The van der Waals surface area contributed by atoms with Crippen LogP contribution < -0.4 is 5.76 Å². The molecule has 0 radical (unpaired) electrons. The van der Waals surface area contributed by atoms with E-state index in [9.17, 15) is 4.79 Å². The third-order valence-corrected chi connectivity index (χ3v) is 2.38. The van der Waals surface area contributed by atoms with E-state index < -0.39 is 5.76 Å². The number of aromatic nitrogens is 3. The van der Waals surface area contributed by atoms with Crippen molar-refractivity contribution in [3.05, 3.63) is 59.0 Å². The fourth-order valence-electron chi connectivity index (χ4n) is 1.55. The lowest BCUT2D eigenvalue weighted by molar-refractivity contribution is 0.475. The Morgan fingerprint density at radius 3 is 2.89 bits per heavy atom. The van der Waals surface area contributed by atoms with Crippen molar-refractivity contribution >= 4 is 0 Å². The van der Waals surface area contributed by atoms with Crippen LogP contribution in [0.25, 0.3) is 11.7 Å². The molecule has 0 amide bonds. The molecular formula is C12H9N3O3. The van der Waals surface area contributed by atoms with Gasteiger partial charge >= 0.3 is 5.76 Å². The van der Waals surface area contributed by atoms with Crippen LogP contribution in [-0.2, 0) is 6.54 Å². The highest BCUT2D eigenvalue weighted by Gasteiger charge is 2.12. The van der Waals surface area contributed by atoms with Gasteiger partial charge in [-0.2, -0.15) is 4.68 Å². The molecule has 0 aliphatic rings. The number of pyridine rings is 1. The van der Waals surface area contributed by atoms with Gasteiger partial charge in [-0.1, -0.05) is 6.07 Å². The van der Waals surface area contributed by atoms with Crippen LogP contribution in [0.15, 0.2) is 56.4 Å². The second kappa shape index (κ2) is 4.33. The first-order chi connectivity index (χ1) is 8.83. The maximum Gasteiger partial charge on any atom is 0.437 e. The predicted molar refractivity (Wildman–Crippen MR) is 61.8 cm³/mol. The van der Waals surface area contributed by atoms with Gasteiger partial charge in [-0.15, -0.1) is 5.10 Å². The van der Waals surface area contributed by atoms with E-state index >= 15 is 0 Å². The van der Waals surface area contributed by atoms with E-state index in [2.05, 4.69) is 10.1 Å². The lowest BCUT2D eigenvalue weighted by Gasteiger charge is -1.96. The summed E-state index contributed by atoms with van der Waals surface area (Å²) in [7, 11) is 0. The summed E-state index contributed by atoms with van der Waals surface area (Å²) in [6.45, 7) is 0.268. The molecule has 0 fully saturated rings. The molecule has 3 aromatic heterocycles. The second-order valence-electron chi connectivity index (χ2n) is 3.63. The summed E-state index contributed by atoms with van der Waals surface area (Å²) < 4.78 is 11.3. The van der Waals surface area contributed by atoms with E-state index in [4.69, 9.17) is 8.83 Å². The van der Waals surface area contributed by atoms with E-state index in [0.29, 0.717) is 5.76 Å². The fraction of sp³-hybridized carbons (Fsp3) is 0.0833. The lowest BCUT2D eigenvalue weighted by atomic mass is 10.3. The van der Waals surface area contributed by atoms with Gasteiger partial charge < -0.3 is 8.83 Å². The Morgan fingerprint density at radius 2 is 2.17 bits per heavy atom. The minimum atomic E-state index is -0.535. The van der Waals surface area contributed by atoms with Crippen LogP contribution in [0.1, 0.15) is 5.69 Å². The van der Waals surface area contributed by atoms with Crippen LogP contribution in [0.2, 0.25) is 0 Å². The Balaban J connectivity index is 1.92. The topological polar surface area (TPSA) is 74.1 Å². The highest BCUT2D eigenvalue weighted by atomic mass is 16.4. The van der Waals surface area contributed by atoms with E-state index in [1.807, 2.05) is 18.2 Å². The van der Waals surface area contributed by atoms with Gasteiger partial charge in [0.15, 0.2) is 5.76 Å². The smallest absolute Gasteiger partial charge is 0.437 e. The monoisotopic (exact) mass is 243 g/mol. The van der Waals surface area contributed by atoms with Gasteiger partial charge in [-0.25, -0.2) is 4.79 Å². The summed E-state index contributed by atoms with van der Waals surface area (Å²) in [5.74, 6) is 0.0554. The highest BCUT2D eigenvalue weighted by Crippen LogP contribution is 2.15. The quantitative estimate of drug-likeness (QED) is 0.697. The third kappa shape index (κ3) is 1.95. The number of furan rings is 1. The summed E-state index contributed by atoms with van der Waals surface area (Å²) in [4.78, 5) is 15.7. The molecule has 0 saturated heterocycles. The molecule has 0 aliphatic carbocycles. The molecule has 0 N–H and O–H groups in total.